The van der Waals surface area contributed by atoms with E-state index < -0.39 is 29.0 Å². The lowest BCUT2D eigenvalue weighted by molar-refractivity contribution is -0.125. The van der Waals surface area contributed by atoms with Crippen molar-refractivity contribution in [3.05, 3.63) is 29.8 Å². The van der Waals surface area contributed by atoms with Gasteiger partial charge in [0.05, 0.1) is 24.3 Å². The Labute approximate surface area is 103 Å². The molecule has 1 heterocycles. The molecule has 0 saturated carbocycles. The number of hydrogen-bond acceptors (Lipinski definition) is 3. The van der Waals surface area contributed by atoms with Crippen molar-refractivity contribution in [2.75, 3.05) is 18.5 Å². The summed E-state index contributed by atoms with van der Waals surface area (Å²) in [5.41, 5.74) is 4.66. The van der Waals surface area contributed by atoms with Crippen LogP contribution in [-0.4, -0.2) is 25.2 Å². The minimum atomic E-state index is -0.932. The van der Waals surface area contributed by atoms with E-state index in [9.17, 15) is 13.6 Å². The van der Waals surface area contributed by atoms with Crippen molar-refractivity contribution in [1.29, 1.82) is 0 Å². The minimum Gasteiger partial charge on any atom is -0.379 e. The highest BCUT2D eigenvalue weighted by molar-refractivity contribution is 5.96. The third-order valence-electron chi connectivity index (χ3n) is 3.21. The van der Waals surface area contributed by atoms with Crippen molar-refractivity contribution >= 4 is 11.6 Å². The molecule has 0 spiro atoms. The monoisotopic (exact) mass is 256 g/mol. The Balaban J connectivity index is 2.19. The van der Waals surface area contributed by atoms with E-state index >= 15 is 0 Å². The lowest BCUT2D eigenvalue weighted by Gasteiger charge is -2.25. The quantitative estimate of drug-likeness (QED) is 0.837. The average molecular weight is 256 g/mol. The Morgan fingerprint density at radius 1 is 1.56 bits per heavy atom. The summed E-state index contributed by atoms with van der Waals surface area (Å²) >= 11 is 0. The summed E-state index contributed by atoms with van der Waals surface area (Å²) in [4.78, 5) is 12.1. The minimum absolute atomic E-state index is 0.164. The van der Waals surface area contributed by atoms with Crippen LogP contribution in [-0.2, 0) is 9.53 Å². The molecule has 2 atom stereocenters. The molecule has 2 unspecified atom stereocenters. The first kappa shape index (κ1) is 12.9. The number of carbonyl (C=O) groups is 1. The van der Waals surface area contributed by atoms with Gasteiger partial charge in [-0.05, 0) is 19.1 Å². The molecular weight excluding hydrogens is 242 g/mol. The highest BCUT2D eigenvalue weighted by atomic mass is 19.1. The zero-order chi connectivity index (χ0) is 13.3. The number of ether oxygens (including phenoxy) is 1. The second-order valence-electron chi connectivity index (χ2n) is 4.62. The van der Waals surface area contributed by atoms with Gasteiger partial charge in [0, 0.05) is 12.1 Å². The molecule has 0 radical (unpaired) electrons. The van der Waals surface area contributed by atoms with Crippen LogP contribution in [0.1, 0.15) is 6.92 Å². The van der Waals surface area contributed by atoms with Gasteiger partial charge in [0.1, 0.15) is 11.6 Å². The molecule has 2 rings (SSSR count). The number of anilines is 1. The van der Waals surface area contributed by atoms with Crippen LogP contribution >= 0.6 is 0 Å². The van der Waals surface area contributed by atoms with Crippen molar-refractivity contribution in [3.8, 4) is 0 Å². The van der Waals surface area contributed by atoms with E-state index in [4.69, 9.17) is 10.5 Å². The van der Waals surface area contributed by atoms with Crippen LogP contribution in [0, 0.1) is 17.0 Å². The molecule has 1 aliphatic heterocycles. The van der Waals surface area contributed by atoms with Gasteiger partial charge in [-0.15, -0.1) is 0 Å². The predicted octanol–water partition coefficient (Wildman–Crippen LogP) is 1.27. The summed E-state index contributed by atoms with van der Waals surface area (Å²) in [6, 6.07) is 2.40. The molecule has 1 aromatic rings. The van der Waals surface area contributed by atoms with Crippen LogP contribution in [0.25, 0.3) is 0 Å². The number of nitrogens with one attached hydrogen (secondary N) is 1. The summed E-state index contributed by atoms with van der Waals surface area (Å²) < 4.78 is 31.5. The normalized spacial score (nSPS) is 27.2. The number of benzene rings is 1. The van der Waals surface area contributed by atoms with Crippen molar-refractivity contribution < 1.29 is 18.3 Å². The average Bonchev–Trinajstić information content (AvgIpc) is 2.66. The highest BCUT2D eigenvalue weighted by Gasteiger charge is 2.44. The standard InChI is InChI=1S/C12H14F2N2O2/c1-12(6-18-5-10(12)15)11(17)16-9-4-7(13)2-3-8(9)14/h2-4,10H,5-6,15H2,1H3,(H,16,17). The number of halogens is 2. The van der Waals surface area contributed by atoms with Crippen molar-refractivity contribution in [2.24, 2.45) is 11.1 Å². The zero-order valence-electron chi connectivity index (χ0n) is 9.87. The Bertz CT molecular complexity index is 481. The summed E-state index contributed by atoms with van der Waals surface area (Å²) in [6.07, 6.45) is 0. The Morgan fingerprint density at radius 3 is 2.89 bits per heavy atom. The Morgan fingerprint density at radius 2 is 2.28 bits per heavy atom. The molecule has 0 aliphatic carbocycles. The van der Waals surface area contributed by atoms with Gasteiger partial charge >= 0.3 is 0 Å². The molecule has 1 aromatic carbocycles. The summed E-state index contributed by atoms with van der Waals surface area (Å²) in [7, 11) is 0. The SMILES string of the molecule is CC1(C(=O)Nc2cc(F)ccc2F)COCC1N. The van der Waals surface area contributed by atoms with Gasteiger partial charge in [0.2, 0.25) is 5.91 Å². The van der Waals surface area contributed by atoms with Crippen LogP contribution in [0.4, 0.5) is 14.5 Å². The maximum atomic E-state index is 13.4. The number of nitrogens with two attached hydrogens (primary N) is 1. The third-order valence-corrected chi connectivity index (χ3v) is 3.21. The first-order valence-electron chi connectivity index (χ1n) is 5.53. The molecule has 0 aromatic heterocycles. The van der Waals surface area contributed by atoms with E-state index in [1.54, 1.807) is 6.92 Å². The number of carbonyl (C=O) groups excluding carboxylic acids is 1. The van der Waals surface area contributed by atoms with E-state index in [2.05, 4.69) is 5.32 Å². The molecule has 4 nitrogen and oxygen atoms in total. The van der Waals surface area contributed by atoms with Gasteiger partial charge < -0.3 is 15.8 Å². The molecule has 1 fully saturated rings. The fraction of sp³-hybridized carbons (Fsp3) is 0.417. The molecular formula is C12H14F2N2O2. The molecule has 6 heteroatoms. The van der Waals surface area contributed by atoms with Gasteiger partial charge in [-0.25, -0.2) is 8.78 Å². The number of amides is 1. The maximum absolute atomic E-state index is 13.4. The van der Waals surface area contributed by atoms with Crippen LogP contribution in [0.3, 0.4) is 0 Å². The largest absolute Gasteiger partial charge is 0.379 e. The second-order valence-corrected chi connectivity index (χ2v) is 4.62. The van der Waals surface area contributed by atoms with Crippen LogP contribution < -0.4 is 11.1 Å². The smallest absolute Gasteiger partial charge is 0.234 e. The molecule has 0 bridgehead atoms. The maximum Gasteiger partial charge on any atom is 0.234 e. The predicted molar refractivity (Wildman–Crippen MR) is 61.9 cm³/mol. The molecule has 1 saturated heterocycles. The number of hydrogen-bond donors (Lipinski definition) is 2. The zero-order valence-corrected chi connectivity index (χ0v) is 9.87. The Hall–Kier alpha value is -1.53. The third kappa shape index (κ3) is 2.21. The van der Waals surface area contributed by atoms with E-state index in [0.29, 0.717) is 0 Å². The van der Waals surface area contributed by atoms with Crippen molar-refractivity contribution in [3.63, 3.8) is 0 Å². The lowest BCUT2D eigenvalue weighted by atomic mass is 9.85. The first-order valence-corrected chi connectivity index (χ1v) is 5.53. The van der Waals surface area contributed by atoms with E-state index in [-0.39, 0.29) is 18.9 Å². The van der Waals surface area contributed by atoms with Crippen molar-refractivity contribution in [1.82, 2.24) is 0 Å². The lowest BCUT2D eigenvalue weighted by Crippen LogP contribution is -2.47. The van der Waals surface area contributed by atoms with E-state index in [1.165, 1.54) is 0 Å². The Kier molecular flexibility index (Phi) is 3.32. The molecule has 1 aliphatic rings. The van der Waals surface area contributed by atoms with Crippen LogP contribution in [0.15, 0.2) is 18.2 Å². The summed E-state index contributed by atoms with van der Waals surface area (Å²) in [5.74, 6) is -1.79. The number of rotatable bonds is 2. The van der Waals surface area contributed by atoms with Crippen molar-refractivity contribution in [2.45, 2.75) is 13.0 Å². The summed E-state index contributed by atoms with van der Waals surface area (Å²) in [5, 5.41) is 2.35. The van der Waals surface area contributed by atoms with Crippen LogP contribution in [0.2, 0.25) is 0 Å². The fourth-order valence-corrected chi connectivity index (χ4v) is 1.78. The molecule has 18 heavy (non-hydrogen) atoms. The summed E-state index contributed by atoms with van der Waals surface area (Å²) in [6.45, 7) is 2.07. The molecule has 3 N–H and O–H groups in total. The van der Waals surface area contributed by atoms with Gasteiger partial charge in [0.25, 0.3) is 0 Å². The second kappa shape index (κ2) is 4.62. The van der Waals surface area contributed by atoms with E-state index in [1.807, 2.05) is 0 Å². The molecule has 1 amide bonds. The molecule has 98 valence electrons. The fourth-order valence-electron chi connectivity index (χ4n) is 1.78. The highest BCUT2D eigenvalue weighted by Crippen LogP contribution is 2.29. The van der Waals surface area contributed by atoms with Gasteiger partial charge in [-0.2, -0.15) is 0 Å². The first-order chi connectivity index (χ1) is 8.43. The van der Waals surface area contributed by atoms with E-state index in [0.717, 1.165) is 18.2 Å². The van der Waals surface area contributed by atoms with Crippen LogP contribution in [0.5, 0.6) is 0 Å². The topological polar surface area (TPSA) is 64.3 Å². The van der Waals surface area contributed by atoms with Gasteiger partial charge in [-0.3, -0.25) is 4.79 Å². The van der Waals surface area contributed by atoms with Gasteiger partial charge in [-0.1, -0.05) is 0 Å². The van der Waals surface area contributed by atoms with Gasteiger partial charge in [0.15, 0.2) is 0 Å².